The molecule has 1 aliphatic rings. The van der Waals surface area contributed by atoms with Gasteiger partial charge in [0.05, 0.1) is 0 Å². The highest BCUT2D eigenvalue weighted by Crippen LogP contribution is 2.31. The van der Waals surface area contributed by atoms with Gasteiger partial charge in [0, 0.05) is 35.6 Å². The molecular weight excluding hydrogens is 268 g/mol. The minimum absolute atomic E-state index is 0.173. The average Bonchev–Trinajstić information content (AvgIpc) is 2.77. The molecule has 2 rings (SSSR count). The van der Waals surface area contributed by atoms with Gasteiger partial charge in [-0.05, 0) is 36.8 Å². The van der Waals surface area contributed by atoms with Crippen LogP contribution in [0.4, 0.5) is 0 Å². The summed E-state index contributed by atoms with van der Waals surface area (Å²) in [6.45, 7) is 4.35. The molecule has 1 saturated carbocycles. The predicted molar refractivity (Wildman–Crippen MR) is 79.7 cm³/mol. The first-order chi connectivity index (χ1) is 9.99. The van der Waals surface area contributed by atoms with E-state index < -0.39 is 5.97 Å². The fourth-order valence-electron chi connectivity index (χ4n) is 2.72. The molecule has 1 aliphatic carbocycles. The number of aliphatic carboxylic acids is 1. The Hall–Kier alpha value is -2.17. The highest BCUT2D eigenvalue weighted by Gasteiger charge is 2.31. The molecule has 3 atom stereocenters. The Kier molecular flexibility index (Phi) is 4.73. The highest BCUT2D eigenvalue weighted by atomic mass is 16.4. The van der Waals surface area contributed by atoms with Crippen molar-refractivity contribution >= 4 is 18.0 Å². The Balaban J connectivity index is 2.14. The molecule has 1 fully saturated rings. The molecule has 112 valence electrons. The summed E-state index contributed by atoms with van der Waals surface area (Å²) in [5.74, 6) is -0.162. The average molecular weight is 288 g/mol. The SMILES string of the molecule is CC1CCC(NC(=O)c2ccncc2C=CC(=O)O)C1C. The van der Waals surface area contributed by atoms with E-state index in [2.05, 4.69) is 24.1 Å². The molecule has 5 nitrogen and oxygen atoms in total. The van der Waals surface area contributed by atoms with Crippen molar-refractivity contribution in [3.63, 3.8) is 0 Å². The third-order valence-corrected chi connectivity index (χ3v) is 4.28. The Bertz CT molecular complexity index is 568. The highest BCUT2D eigenvalue weighted by molar-refractivity contribution is 5.98. The van der Waals surface area contributed by atoms with Crippen LogP contribution in [0.1, 0.15) is 42.6 Å². The number of rotatable bonds is 4. The first-order valence-electron chi connectivity index (χ1n) is 7.15. The van der Waals surface area contributed by atoms with Gasteiger partial charge in [-0.3, -0.25) is 9.78 Å². The van der Waals surface area contributed by atoms with Crippen LogP contribution < -0.4 is 5.32 Å². The number of nitrogens with one attached hydrogen (secondary N) is 1. The quantitative estimate of drug-likeness (QED) is 0.833. The molecule has 0 aliphatic heterocycles. The van der Waals surface area contributed by atoms with E-state index in [4.69, 9.17) is 5.11 Å². The first kappa shape index (κ1) is 15.2. The smallest absolute Gasteiger partial charge is 0.328 e. The second-order valence-electron chi connectivity index (χ2n) is 5.63. The van der Waals surface area contributed by atoms with Crippen molar-refractivity contribution in [3.8, 4) is 0 Å². The molecule has 1 amide bonds. The lowest BCUT2D eigenvalue weighted by atomic mass is 9.97. The number of amides is 1. The van der Waals surface area contributed by atoms with Gasteiger partial charge in [-0.2, -0.15) is 0 Å². The summed E-state index contributed by atoms with van der Waals surface area (Å²) in [6, 6.07) is 1.79. The zero-order valence-corrected chi connectivity index (χ0v) is 12.2. The number of aromatic nitrogens is 1. The topological polar surface area (TPSA) is 79.3 Å². The summed E-state index contributed by atoms with van der Waals surface area (Å²) >= 11 is 0. The lowest BCUT2D eigenvalue weighted by Gasteiger charge is -2.20. The van der Waals surface area contributed by atoms with E-state index in [-0.39, 0.29) is 11.9 Å². The van der Waals surface area contributed by atoms with E-state index in [1.165, 1.54) is 18.5 Å². The minimum atomic E-state index is -1.05. The van der Waals surface area contributed by atoms with Crippen molar-refractivity contribution in [1.82, 2.24) is 10.3 Å². The summed E-state index contributed by atoms with van der Waals surface area (Å²) in [7, 11) is 0. The zero-order valence-electron chi connectivity index (χ0n) is 12.2. The number of carbonyl (C=O) groups excluding carboxylic acids is 1. The molecule has 3 unspecified atom stereocenters. The van der Waals surface area contributed by atoms with Gasteiger partial charge in [0.2, 0.25) is 0 Å². The third-order valence-electron chi connectivity index (χ3n) is 4.28. The van der Waals surface area contributed by atoms with Crippen LogP contribution in [-0.4, -0.2) is 28.0 Å². The molecule has 0 saturated heterocycles. The normalized spacial score (nSPS) is 25.1. The number of hydrogen-bond acceptors (Lipinski definition) is 3. The van der Waals surface area contributed by atoms with Crippen LogP contribution in [0.15, 0.2) is 24.5 Å². The van der Waals surface area contributed by atoms with Gasteiger partial charge in [-0.1, -0.05) is 13.8 Å². The summed E-state index contributed by atoms with van der Waals surface area (Å²) in [6.07, 6.45) is 7.54. The van der Waals surface area contributed by atoms with E-state index in [1.807, 2.05) is 0 Å². The largest absolute Gasteiger partial charge is 0.478 e. The molecule has 0 radical (unpaired) electrons. The van der Waals surface area contributed by atoms with Crippen molar-refractivity contribution in [1.29, 1.82) is 0 Å². The molecule has 1 aromatic rings. The Morgan fingerprint density at radius 1 is 1.38 bits per heavy atom. The predicted octanol–water partition coefficient (Wildman–Crippen LogP) is 2.34. The van der Waals surface area contributed by atoms with Gasteiger partial charge >= 0.3 is 5.97 Å². The molecule has 0 aromatic carbocycles. The van der Waals surface area contributed by atoms with E-state index >= 15 is 0 Å². The standard InChI is InChI=1S/C16H20N2O3/c1-10-3-5-14(11(10)2)18-16(21)13-7-8-17-9-12(13)4-6-15(19)20/h4,6-11,14H,3,5H2,1-2H3,(H,18,21)(H,19,20). The number of pyridine rings is 1. The second kappa shape index (κ2) is 6.52. The van der Waals surface area contributed by atoms with Crippen LogP contribution in [0.5, 0.6) is 0 Å². The van der Waals surface area contributed by atoms with Crippen LogP contribution in [0.2, 0.25) is 0 Å². The number of hydrogen-bond donors (Lipinski definition) is 2. The minimum Gasteiger partial charge on any atom is -0.478 e. The second-order valence-corrected chi connectivity index (χ2v) is 5.63. The molecule has 1 aromatic heterocycles. The van der Waals surface area contributed by atoms with E-state index in [9.17, 15) is 9.59 Å². The maximum absolute atomic E-state index is 12.4. The number of carboxylic acids is 1. The summed E-state index contributed by atoms with van der Waals surface area (Å²) in [5.41, 5.74) is 0.963. The molecule has 1 heterocycles. The van der Waals surface area contributed by atoms with Gasteiger partial charge in [0.15, 0.2) is 0 Å². The Morgan fingerprint density at radius 3 is 2.76 bits per heavy atom. The molecule has 21 heavy (non-hydrogen) atoms. The molecule has 0 spiro atoms. The molecular formula is C16H20N2O3. The third kappa shape index (κ3) is 3.68. The van der Waals surface area contributed by atoms with Crippen molar-refractivity contribution in [2.45, 2.75) is 32.7 Å². The Labute approximate surface area is 124 Å². The van der Waals surface area contributed by atoms with Crippen molar-refractivity contribution < 1.29 is 14.7 Å². The lowest BCUT2D eigenvalue weighted by Crippen LogP contribution is -2.37. The van der Waals surface area contributed by atoms with Crippen LogP contribution >= 0.6 is 0 Å². The Morgan fingerprint density at radius 2 is 2.14 bits per heavy atom. The number of nitrogens with zero attached hydrogens (tertiary/aromatic N) is 1. The number of carboxylic acid groups (broad SMARTS) is 1. The van der Waals surface area contributed by atoms with Crippen LogP contribution in [0, 0.1) is 11.8 Å². The van der Waals surface area contributed by atoms with Gasteiger partial charge < -0.3 is 10.4 Å². The van der Waals surface area contributed by atoms with E-state index in [0.29, 0.717) is 23.0 Å². The van der Waals surface area contributed by atoms with E-state index in [0.717, 1.165) is 18.9 Å². The van der Waals surface area contributed by atoms with Gasteiger partial charge in [0.1, 0.15) is 0 Å². The van der Waals surface area contributed by atoms with E-state index in [1.54, 1.807) is 6.07 Å². The van der Waals surface area contributed by atoms with Gasteiger partial charge in [-0.15, -0.1) is 0 Å². The lowest BCUT2D eigenvalue weighted by molar-refractivity contribution is -0.131. The number of carbonyl (C=O) groups is 2. The molecule has 2 N–H and O–H groups in total. The fraction of sp³-hybridized carbons (Fsp3) is 0.438. The fourth-order valence-corrected chi connectivity index (χ4v) is 2.72. The maximum Gasteiger partial charge on any atom is 0.328 e. The zero-order chi connectivity index (χ0) is 15.4. The van der Waals surface area contributed by atoms with Crippen LogP contribution in [0.25, 0.3) is 6.08 Å². The van der Waals surface area contributed by atoms with Crippen molar-refractivity contribution in [2.75, 3.05) is 0 Å². The molecule has 5 heteroatoms. The summed E-state index contributed by atoms with van der Waals surface area (Å²) < 4.78 is 0. The van der Waals surface area contributed by atoms with Crippen molar-refractivity contribution in [3.05, 3.63) is 35.7 Å². The monoisotopic (exact) mass is 288 g/mol. The summed E-state index contributed by atoms with van der Waals surface area (Å²) in [4.78, 5) is 26.9. The van der Waals surface area contributed by atoms with Crippen molar-refractivity contribution in [2.24, 2.45) is 11.8 Å². The maximum atomic E-state index is 12.4. The van der Waals surface area contributed by atoms with Gasteiger partial charge in [-0.25, -0.2) is 4.79 Å². The van der Waals surface area contributed by atoms with Crippen LogP contribution in [-0.2, 0) is 4.79 Å². The summed E-state index contributed by atoms with van der Waals surface area (Å²) in [5, 5.41) is 11.7. The first-order valence-corrected chi connectivity index (χ1v) is 7.15. The molecule has 0 bridgehead atoms. The van der Waals surface area contributed by atoms with Gasteiger partial charge in [0.25, 0.3) is 5.91 Å². The van der Waals surface area contributed by atoms with Crippen LogP contribution in [0.3, 0.4) is 0 Å².